The Morgan fingerprint density at radius 3 is 2.68 bits per heavy atom. The predicted octanol–water partition coefficient (Wildman–Crippen LogP) is 5.06. The SMILES string of the molecule is c1cc(-c2ccc(Nc3ccc(N4CCOCC4)cc3)c3nccn23)c2cc[nH]c2c1. The number of rotatable bonds is 4. The first-order chi connectivity index (χ1) is 15.4. The van der Waals surface area contributed by atoms with E-state index in [9.17, 15) is 0 Å². The number of pyridine rings is 1. The minimum Gasteiger partial charge on any atom is -0.378 e. The van der Waals surface area contributed by atoms with Crippen molar-refractivity contribution < 1.29 is 4.74 Å². The molecule has 0 bridgehead atoms. The molecule has 154 valence electrons. The third kappa shape index (κ3) is 3.21. The lowest BCUT2D eigenvalue weighted by Crippen LogP contribution is -2.36. The lowest BCUT2D eigenvalue weighted by Gasteiger charge is -2.29. The number of benzene rings is 2. The maximum absolute atomic E-state index is 5.45. The molecule has 0 radical (unpaired) electrons. The van der Waals surface area contributed by atoms with Crippen LogP contribution in [0.1, 0.15) is 0 Å². The number of aromatic amines is 1. The van der Waals surface area contributed by atoms with Crippen LogP contribution in [0.25, 0.3) is 27.8 Å². The number of hydrogen-bond donors (Lipinski definition) is 2. The third-order valence-electron chi connectivity index (χ3n) is 5.94. The summed E-state index contributed by atoms with van der Waals surface area (Å²) in [6, 6.07) is 21.3. The van der Waals surface area contributed by atoms with Gasteiger partial charge in [-0.05, 0) is 48.5 Å². The highest BCUT2D eigenvalue weighted by atomic mass is 16.5. The molecule has 2 N–H and O–H groups in total. The van der Waals surface area contributed by atoms with E-state index in [4.69, 9.17) is 4.74 Å². The topological polar surface area (TPSA) is 57.6 Å². The zero-order valence-electron chi connectivity index (χ0n) is 17.1. The molecule has 3 aromatic heterocycles. The van der Waals surface area contributed by atoms with Crippen LogP contribution in [0.3, 0.4) is 0 Å². The van der Waals surface area contributed by atoms with Crippen molar-refractivity contribution >= 4 is 33.6 Å². The largest absolute Gasteiger partial charge is 0.378 e. The van der Waals surface area contributed by atoms with Gasteiger partial charge in [-0.25, -0.2) is 4.98 Å². The van der Waals surface area contributed by atoms with Gasteiger partial charge in [0.15, 0.2) is 5.65 Å². The predicted molar refractivity (Wildman–Crippen MR) is 125 cm³/mol. The number of hydrogen-bond acceptors (Lipinski definition) is 4. The molecular weight excluding hydrogens is 386 g/mol. The van der Waals surface area contributed by atoms with Crippen molar-refractivity contribution in [3.05, 3.63) is 79.3 Å². The van der Waals surface area contributed by atoms with Crippen molar-refractivity contribution in [1.29, 1.82) is 0 Å². The Hall–Kier alpha value is -3.77. The van der Waals surface area contributed by atoms with E-state index in [0.29, 0.717) is 0 Å². The van der Waals surface area contributed by atoms with Gasteiger partial charge in [-0.3, -0.25) is 4.40 Å². The Balaban J connectivity index is 1.33. The summed E-state index contributed by atoms with van der Waals surface area (Å²) in [5, 5.41) is 4.75. The summed E-state index contributed by atoms with van der Waals surface area (Å²) in [4.78, 5) is 10.3. The summed E-state index contributed by atoms with van der Waals surface area (Å²) in [5.74, 6) is 0. The van der Waals surface area contributed by atoms with Crippen LogP contribution in [0.4, 0.5) is 17.1 Å². The number of imidazole rings is 1. The van der Waals surface area contributed by atoms with Gasteiger partial charge in [0.25, 0.3) is 0 Å². The summed E-state index contributed by atoms with van der Waals surface area (Å²) in [7, 11) is 0. The fourth-order valence-corrected chi connectivity index (χ4v) is 4.37. The smallest absolute Gasteiger partial charge is 0.161 e. The Labute approximate surface area is 180 Å². The number of ether oxygens (including phenoxy) is 1. The van der Waals surface area contributed by atoms with Crippen molar-refractivity contribution in [3.63, 3.8) is 0 Å². The summed E-state index contributed by atoms with van der Waals surface area (Å²) in [6.45, 7) is 3.47. The summed E-state index contributed by atoms with van der Waals surface area (Å²) in [5.41, 5.74) is 7.59. The highest BCUT2D eigenvalue weighted by Crippen LogP contribution is 2.32. The van der Waals surface area contributed by atoms with Gasteiger partial charge in [0.2, 0.25) is 0 Å². The minimum atomic E-state index is 0.792. The molecular formula is C25H23N5O. The van der Waals surface area contributed by atoms with E-state index in [-0.39, 0.29) is 0 Å². The second-order valence-corrected chi connectivity index (χ2v) is 7.77. The quantitative estimate of drug-likeness (QED) is 0.435. The van der Waals surface area contributed by atoms with E-state index in [0.717, 1.165) is 54.5 Å². The van der Waals surface area contributed by atoms with Gasteiger partial charge in [-0.1, -0.05) is 12.1 Å². The molecule has 1 aliphatic heterocycles. The maximum Gasteiger partial charge on any atom is 0.161 e. The summed E-state index contributed by atoms with van der Waals surface area (Å²) in [6.07, 6.45) is 5.85. The fraction of sp³-hybridized carbons (Fsp3) is 0.160. The average Bonchev–Trinajstić information content (AvgIpc) is 3.50. The number of H-pyrrole nitrogens is 1. The van der Waals surface area contributed by atoms with E-state index in [1.54, 1.807) is 0 Å². The van der Waals surface area contributed by atoms with Crippen molar-refractivity contribution in [2.24, 2.45) is 0 Å². The molecule has 1 saturated heterocycles. The molecule has 6 rings (SSSR count). The van der Waals surface area contributed by atoms with Gasteiger partial charge in [0.1, 0.15) is 0 Å². The average molecular weight is 409 g/mol. The van der Waals surface area contributed by atoms with Crippen LogP contribution >= 0.6 is 0 Å². The Morgan fingerprint density at radius 2 is 1.81 bits per heavy atom. The molecule has 6 heteroatoms. The number of nitrogens with one attached hydrogen (secondary N) is 2. The zero-order valence-corrected chi connectivity index (χ0v) is 17.1. The van der Waals surface area contributed by atoms with Gasteiger partial charge < -0.3 is 19.9 Å². The Morgan fingerprint density at radius 1 is 0.935 bits per heavy atom. The van der Waals surface area contributed by atoms with E-state index in [1.807, 2.05) is 18.6 Å². The standard InChI is InChI=1S/C25H23N5O/c1-2-21(20-10-11-26-22(20)3-1)24-9-8-23(25-27-12-13-30(24)25)28-18-4-6-19(7-5-18)29-14-16-31-17-15-29/h1-13,26,28H,14-17H2. The van der Waals surface area contributed by atoms with Gasteiger partial charge >= 0.3 is 0 Å². The van der Waals surface area contributed by atoms with Gasteiger partial charge in [0.05, 0.1) is 24.6 Å². The molecule has 6 nitrogen and oxygen atoms in total. The van der Waals surface area contributed by atoms with Crippen LogP contribution in [0.2, 0.25) is 0 Å². The molecule has 0 saturated carbocycles. The summed E-state index contributed by atoms with van der Waals surface area (Å²) >= 11 is 0. The van der Waals surface area contributed by atoms with Crippen LogP contribution < -0.4 is 10.2 Å². The Bertz CT molecular complexity index is 1350. The fourth-order valence-electron chi connectivity index (χ4n) is 4.37. The highest BCUT2D eigenvalue weighted by molar-refractivity contribution is 5.95. The van der Waals surface area contributed by atoms with E-state index >= 15 is 0 Å². The zero-order chi connectivity index (χ0) is 20.6. The molecule has 31 heavy (non-hydrogen) atoms. The van der Waals surface area contributed by atoms with E-state index in [2.05, 4.69) is 85.2 Å². The van der Waals surface area contributed by atoms with Gasteiger partial charge in [0, 0.05) is 59.5 Å². The van der Waals surface area contributed by atoms with Crippen LogP contribution in [-0.4, -0.2) is 40.7 Å². The summed E-state index contributed by atoms with van der Waals surface area (Å²) < 4.78 is 7.60. The van der Waals surface area contributed by atoms with Crippen molar-refractivity contribution in [2.75, 3.05) is 36.5 Å². The van der Waals surface area contributed by atoms with Crippen LogP contribution in [0, 0.1) is 0 Å². The van der Waals surface area contributed by atoms with E-state index in [1.165, 1.54) is 16.6 Å². The van der Waals surface area contributed by atoms with E-state index < -0.39 is 0 Å². The lowest BCUT2D eigenvalue weighted by molar-refractivity contribution is 0.122. The number of anilines is 3. The van der Waals surface area contributed by atoms with Gasteiger partial charge in [-0.2, -0.15) is 0 Å². The third-order valence-corrected chi connectivity index (χ3v) is 5.94. The molecule has 1 fully saturated rings. The Kier molecular flexibility index (Phi) is 4.35. The molecule has 2 aromatic carbocycles. The first-order valence-corrected chi connectivity index (χ1v) is 10.6. The van der Waals surface area contributed by atoms with Crippen LogP contribution in [-0.2, 0) is 4.74 Å². The van der Waals surface area contributed by atoms with Crippen molar-refractivity contribution in [1.82, 2.24) is 14.4 Å². The molecule has 0 unspecified atom stereocenters. The molecule has 0 amide bonds. The molecule has 1 aliphatic rings. The first-order valence-electron chi connectivity index (χ1n) is 10.6. The lowest BCUT2D eigenvalue weighted by atomic mass is 10.1. The number of fused-ring (bicyclic) bond motifs is 2. The van der Waals surface area contributed by atoms with Crippen LogP contribution in [0.5, 0.6) is 0 Å². The monoisotopic (exact) mass is 409 g/mol. The number of nitrogens with zero attached hydrogens (tertiary/aromatic N) is 3. The molecule has 4 heterocycles. The normalized spacial score (nSPS) is 14.4. The molecule has 0 spiro atoms. The second-order valence-electron chi connectivity index (χ2n) is 7.77. The first kappa shape index (κ1) is 18.0. The van der Waals surface area contributed by atoms with Crippen molar-refractivity contribution in [3.8, 4) is 11.3 Å². The number of aromatic nitrogens is 3. The minimum absolute atomic E-state index is 0.792. The highest BCUT2D eigenvalue weighted by Gasteiger charge is 2.13. The van der Waals surface area contributed by atoms with Crippen molar-refractivity contribution in [2.45, 2.75) is 0 Å². The van der Waals surface area contributed by atoms with Gasteiger partial charge in [-0.15, -0.1) is 0 Å². The molecule has 5 aromatic rings. The molecule has 0 aliphatic carbocycles. The maximum atomic E-state index is 5.45. The second kappa shape index (κ2) is 7.49. The molecule has 0 atom stereocenters. The number of morpholine rings is 1. The van der Waals surface area contributed by atoms with Crippen LogP contribution in [0.15, 0.2) is 79.3 Å².